The van der Waals surface area contributed by atoms with Crippen LogP contribution in [0.15, 0.2) is 47.4 Å². The molecule has 1 fully saturated rings. The van der Waals surface area contributed by atoms with Crippen molar-refractivity contribution in [2.24, 2.45) is 0 Å². The van der Waals surface area contributed by atoms with Gasteiger partial charge in [0, 0.05) is 0 Å². The van der Waals surface area contributed by atoms with E-state index in [0.29, 0.717) is 10.5 Å². The number of amides is 1. The predicted octanol–water partition coefficient (Wildman–Crippen LogP) is 3.19. The number of aromatic hydroxyl groups is 1. The first-order chi connectivity index (χ1) is 12.8. The summed E-state index contributed by atoms with van der Waals surface area (Å²) in [6, 6.07) is 9.75. The fourth-order valence-electron chi connectivity index (χ4n) is 2.40. The summed E-state index contributed by atoms with van der Waals surface area (Å²) in [7, 11) is 0. The maximum atomic E-state index is 12.7. The van der Waals surface area contributed by atoms with Crippen molar-refractivity contribution < 1.29 is 29.7 Å². The van der Waals surface area contributed by atoms with Gasteiger partial charge in [-0.05, 0) is 42.0 Å². The number of phenols is 1. The minimum Gasteiger partial charge on any atom is -0.507 e. The molecule has 0 spiro atoms. The van der Waals surface area contributed by atoms with E-state index in [9.17, 15) is 19.5 Å². The van der Waals surface area contributed by atoms with Crippen molar-refractivity contribution in [3.63, 3.8) is 0 Å². The molecule has 1 aliphatic rings. The molecule has 2 aromatic rings. The maximum absolute atomic E-state index is 12.7. The number of carbonyl (C=O) groups excluding carboxylic acids is 1. The van der Waals surface area contributed by atoms with Crippen LogP contribution >= 0.6 is 24.0 Å². The van der Waals surface area contributed by atoms with E-state index in [-0.39, 0.29) is 21.1 Å². The van der Waals surface area contributed by atoms with Gasteiger partial charge in [0.15, 0.2) is 4.32 Å². The average molecular weight is 401 g/mol. The second kappa shape index (κ2) is 7.22. The molecule has 0 aromatic heterocycles. The van der Waals surface area contributed by atoms with E-state index >= 15 is 0 Å². The molecule has 0 unspecified atom stereocenters. The van der Waals surface area contributed by atoms with Crippen LogP contribution in [0, 0.1) is 0 Å². The minimum atomic E-state index is -1.33. The number of thioether (sulfide) groups is 1. The normalized spacial score (nSPS) is 15.4. The molecule has 1 saturated heterocycles. The highest BCUT2D eigenvalue weighted by Crippen LogP contribution is 2.37. The molecule has 3 N–H and O–H groups in total. The van der Waals surface area contributed by atoms with Crippen molar-refractivity contribution in [3.8, 4) is 5.75 Å². The van der Waals surface area contributed by atoms with Crippen LogP contribution in [0.2, 0.25) is 0 Å². The second-order valence-corrected chi connectivity index (χ2v) is 7.13. The molecule has 3 rings (SSSR count). The third kappa shape index (κ3) is 3.69. The van der Waals surface area contributed by atoms with E-state index in [2.05, 4.69) is 0 Å². The summed E-state index contributed by atoms with van der Waals surface area (Å²) in [6.45, 7) is 0. The SMILES string of the molecule is O=C(O)c1ccc(C=C2SC(=S)N(c3ccc(O)c(C(=O)O)c3)C2=O)cc1. The zero-order valence-corrected chi connectivity index (χ0v) is 15.1. The third-order valence-corrected chi connectivity index (χ3v) is 5.02. The first-order valence-electron chi connectivity index (χ1n) is 7.45. The number of nitrogens with zero attached hydrogens (tertiary/aromatic N) is 1. The van der Waals surface area contributed by atoms with Crippen LogP contribution in [0.5, 0.6) is 5.75 Å². The molecule has 27 heavy (non-hydrogen) atoms. The van der Waals surface area contributed by atoms with Crippen molar-refractivity contribution in [2.75, 3.05) is 4.90 Å². The molecule has 1 aliphatic heterocycles. The van der Waals surface area contributed by atoms with Crippen molar-refractivity contribution in [1.82, 2.24) is 0 Å². The number of carbonyl (C=O) groups is 3. The van der Waals surface area contributed by atoms with Crippen LogP contribution in [0.4, 0.5) is 5.69 Å². The van der Waals surface area contributed by atoms with Gasteiger partial charge in [0.05, 0.1) is 16.2 Å². The Balaban J connectivity index is 1.92. The summed E-state index contributed by atoms with van der Waals surface area (Å²) in [5.41, 5.74) is 0.648. The van der Waals surface area contributed by atoms with Crippen LogP contribution in [-0.2, 0) is 4.79 Å². The number of carboxylic acids is 2. The van der Waals surface area contributed by atoms with Crippen LogP contribution in [0.1, 0.15) is 26.3 Å². The Morgan fingerprint density at radius 2 is 1.70 bits per heavy atom. The van der Waals surface area contributed by atoms with Crippen molar-refractivity contribution >= 4 is 57.9 Å². The molecular formula is C18H11NO6S2. The Morgan fingerprint density at radius 3 is 2.30 bits per heavy atom. The van der Waals surface area contributed by atoms with Gasteiger partial charge in [0.25, 0.3) is 5.91 Å². The Hall–Kier alpha value is -3.17. The number of aromatic carboxylic acids is 2. The largest absolute Gasteiger partial charge is 0.507 e. The first-order valence-corrected chi connectivity index (χ1v) is 8.68. The molecule has 9 heteroatoms. The average Bonchev–Trinajstić information content (AvgIpc) is 2.89. The number of hydrogen-bond acceptors (Lipinski definition) is 6. The highest BCUT2D eigenvalue weighted by Gasteiger charge is 2.34. The molecule has 1 heterocycles. The molecule has 0 saturated carbocycles. The topological polar surface area (TPSA) is 115 Å². The summed E-state index contributed by atoms with van der Waals surface area (Å²) >= 11 is 6.27. The lowest BCUT2D eigenvalue weighted by Crippen LogP contribution is -2.27. The van der Waals surface area contributed by atoms with Crippen LogP contribution in [0.25, 0.3) is 6.08 Å². The summed E-state index contributed by atoms with van der Waals surface area (Å²) in [6.07, 6.45) is 1.57. The van der Waals surface area contributed by atoms with Crippen LogP contribution in [0.3, 0.4) is 0 Å². The predicted molar refractivity (Wildman–Crippen MR) is 104 cm³/mol. The van der Waals surface area contributed by atoms with Gasteiger partial charge >= 0.3 is 11.9 Å². The number of thiocarbonyl (C=S) groups is 1. The first kappa shape index (κ1) is 18.6. The van der Waals surface area contributed by atoms with Crippen LogP contribution < -0.4 is 4.90 Å². The Labute approximate surface area is 162 Å². The quantitative estimate of drug-likeness (QED) is 0.528. The van der Waals surface area contributed by atoms with E-state index in [1.165, 1.54) is 35.2 Å². The Morgan fingerprint density at radius 1 is 1.04 bits per heavy atom. The smallest absolute Gasteiger partial charge is 0.339 e. The lowest BCUT2D eigenvalue weighted by atomic mass is 10.1. The number of benzene rings is 2. The van der Waals surface area contributed by atoms with Gasteiger partial charge in [-0.1, -0.05) is 36.1 Å². The number of rotatable bonds is 4. The summed E-state index contributed by atoms with van der Waals surface area (Å²) < 4.78 is 0.218. The fraction of sp³-hybridized carbons (Fsp3) is 0. The molecule has 0 atom stereocenters. The summed E-state index contributed by atoms with van der Waals surface area (Å²) in [5.74, 6) is -3.22. The monoisotopic (exact) mass is 401 g/mol. The van der Waals surface area contributed by atoms with Gasteiger partial charge in [-0.3, -0.25) is 9.69 Å². The van der Waals surface area contributed by atoms with E-state index < -0.39 is 23.6 Å². The fourth-order valence-corrected chi connectivity index (χ4v) is 3.70. The van der Waals surface area contributed by atoms with Crippen molar-refractivity contribution in [1.29, 1.82) is 0 Å². The molecule has 0 radical (unpaired) electrons. The van der Waals surface area contributed by atoms with E-state index in [4.69, 9.17) is 22.4 Å². The van der Waals surface area contributed by atoms with Crippen molar-refractivity contribution in [2.45, 2.75) is 0 Å². The molecule has 136 valence electrons. The number of anilines is 1. The van der Waals surface area contributed by atoms with Crippen LogP contribution in [-0.4, -0.2) is 37.5 Å². The van der Waals surface area contributed by atoms with Gasteiger partial charge in [-0.25, -0.2) is 9.59 Å². The van der Waals surface area contributed by atoms with E-state index in [1.807, 2.05) is 0 Å². The third-order valence-electron chi connectivity index (χ3n) is 3.72. The highest BCUT2D eigenvalue weighted by atomic mass is 32.2. The molecular weight excluding hydrogens is 390 g/mol. The zero-order valence-electron chi connectivity index (χ0n) is 13.4. The molecule has 0 aliphatic carbocycles. The Kier molecular flexibility index (Phi) is 4.98. The number of hydrogen-bond donors (Lipinski definition) is 3. The van der Waals surface area contributed by atoms with Gasteiger partial charge < -0.3 is 15.3 Å². The molecule has 2 aromatic carbocycles. The minimum absolute atomic E-state index is 0.130. The van der Waals surface area contributed by atoms with Gasteiger partial charge in [0.1, 0.15) is 11.3 Å². The zero-order chi connectivity index (χ0) is 19.7. The van der Waals surface area contributed by atoms with E-state index in [0.717, 1.165) is 11.8 Å². The second-order valence-electron chi connectivity index (χ2n) is 5.45. The number of carboxylic acid groups (broad SMARTS) is 2. The van der Waals surface area contributed by atoms with Gasteiger partial charge in [-0.2, -0.15) is 0 Å². The molecule has 1 amide bonds. The lowest BCUT2D eigenvalue weighted by molar-refractivity contribution is -0.113. The maximum Gasteiger partial charge on any atom is 0.339 e. The Bertz CT molecular complexity index is 1010. The lowest BCUT2D eigenvalue weighted by Gasteiger charge is -2.15. The standard InChI is InChI=1S/C18H11NO6S2/c20-13-6-5-11(8-12(13)17(24)25)19-15(21)14(27-18(19)26)7-9-1-3-10(4-2-9)16(22)23/h1-8,20H,(H,22,23)(H,24,25). The van der Waals surface area contributed by atoms with Crippen molar-refractivity contribution in [3.05, 3.63) is 64.1 Å². The highest BCUT2D eigenvalue weighted by molar-refractivity contribution is 8.27. The molecule has 7 nitrogen and oxygen atoms in total. The van der Waals surface area contributed by atoms with E-state index in [1.54, 1.807) is 18.2 Å². The summed E-state index contributed by atoms with van der Waals surface area (Å²) in [4.78, 5) is 36.3. The van der Waals surface area contributed by atoms with Gasteiger partial charge in [-0.15, -0.1) is 0 Å². The van der Waals surface area contributed by atoms with Gasteiger partial charge in [0.2, 0.25) is 0 Å². The molecule has 0 bridgehead atoms. The summed E-state index contributed by atoms with van der Waals surface area (Å²) in [5, 5.41) is 27.7.